The number of halogens is 1. The maximum Gasteiger partial charge on any atom is 0.256 e. The van der Waals surface area contributed by atoms with Crippen LogP contribution in [-0.2, 0) is 12.8 Å². The fourth-order valence-corrected chi connectivity index (χ4v) is 4.35. The number of benzene rings is 1. The molecule has 1 unspecified atom stereocenters. The molecule has 1 aliphatic carbocycles. The summed E-state index contributed by atoms with van der Waals surface area (Å²) in [7, 11) is 0. The molecule has 0 aliphatic heterocycles. The molecule has 0 bridgehead atoms. The molecule has 2 amide bonds. The van der Waals surface area contributed by atoms with Gasteiger partial charge in [-0.3, -0.25) is 9.59 Å². The van der Waals surface area contributed by atoms with Crippen LogP contribution in [-0.4, -0.2) is 11.8 Å². The minimum atomic E-state index is -0.488. The molecule has 0 spiro atoms. The topological polar surface area (TPSA) is 72.2 Å². The Bertz CT molecular complexity index is 785. The molecule has 23 heavy (non-hydrogen) atoms. The smallest absolute Gasteiger partial charge is 0.256 e. The highest BCUT2D eigenvalue weighted by atomic mass is 35.5. The van der Waals surface area contributed by atoms with Crippen LogP contribution in [0.2, 0.25) is 5.02 Å². The quantitative estimate of drug-likeness (QED) is 0.883. The molecular formula is C17H17ClN2O2S. The monoisotopic (exact) mass is 348 g/mol. The third kappa shape index (κ3) is 3.26. The number of thiophene rings is 1. The van der Waals surface area contributed by atoms with Crippen LogP contribution in [0.5, 0.6) is 0 Å². The van der Waals surface area contributed by atoms with Crippen molar-refractivity contribution in [3.8, 4) is 0 Å². The van der Waals surface area contributed by atoms with Crippen LogP contribution in [0.15, 0.2) is 24.3 Å². The molecule has 3 rings (SSSR count). The van der Waals surface area contributed by atoms with Gasteiger partial charge in [0.15, 0.2) is 0 Å². The highest BCUT2D eigenvalue weighted by molar-refractivity contribution is 7.17. The van der Waals surface area contributed by atoms with Gasteiger partial charge in [0.25, 0.3) is 11.8 Å². The number of primary amides is 1. The van der Waals surface area contributed by atoms with Gasteiger partial charge in [-0.1, -0.05) is 24.6 Å². The van der Waals surface area contributed by atoms with Crippen LogP contribution >= 0.6 is 22.9 Å². The molecule has 0 saturated heterocycles. The second-order valence-corrected chi connectivity index (χ2v) is 7.43. The summed E-state index contributed by atoms with van der Waals surface area (Å²) < 4.78 is 0. The number of carbonyl (C=O) groups excluding carboxylic acids is 2. The second kappa shape index (κ2) is 6.34. The molecule has 0 saturated carbocycles. The van der Waals surface area contributed by atoms with Crippen molar-refractivity contribution >= 4 is 39.8 Å². The summed E-state index contributed by atoms with van der Waals surface area (Å²) in [5, 5.41) is 3.86. The molecule has 3 N–H and O–H groups in total. The molecule has 1 atom stereocenters. The van der Waals surface area contributed by atoms with Crippen molar-refractivity contribution in [2.45, 2.75) is 26.2 Å². The number of anilines is 1. The standard InChI is InChI=1S/C17H17ClN2O2S/c1-9-5-6-13-12(7-9)14(15(19)21)17(23-13)20-16(22)10-3-2-4-11(18)8-10/h2-4,8-9H,5-7H2,1H3,(H2,19,21)(H,20,22). The Hall–Kier alpha value is -1.85. The molecular weight excluding hydrogens is 332 g/mol. The number of hydrogen-bond donors (Lipinski definition) is 2. The Morgan fingerprint density at radius 1 is 1.39 bits per heavy atom. The largest absolute Gasteiger partial charge is 0.365 e. The van der Waals surface area contributed by atoms with Crippen molar-refractivity contribution in [2.75, 3.05) is 5.32 Å². The lowest BCUT2D eigenvalue weighted by atomic mass is 9.87. The van der Waals surface area contributed by atoms with E-state index in [9.17, 15) is 9.59 Å². The minimum Gasteiger partial charge on any atom is -0.365 e. The van der Waals surface area contributed by atoms with Gasteiger partial charge in [-0.15, -0.1) is 11.3 Å². The van der Waals surface area contributed by atoms with Crippen molar-refractivity contribution in [3.63, 3.8) is 0 Å². The summed E-state index contributed by atoms with van der Waals surface area (Å²) in [5.41, 5.74) is 7.48. The molecule has 0 radical (unpaired) electrons. The molecule has 0 fully saturated rings. The first-order valence-electron chi connectivity index (χ1n) is 7.47. The molecule has 4 nitrogen and oxygen atoms in total. The molecule has 1 heterocycles. The van der Waals surface area contributed by atoms with Gasteiger partial charge in [-0.25, -0.2) is 0 Å². The van der Waals surface area contributed by atoms with Crippen LogP contribution in [0.25, 0.3) is 0 Å². The van der Waals surface area contributed by atoms with Crippen molar-refractivity contribution < 1.29 is 9.59 Å². The predicted octanol–water partition coefficient (Wildman–Crippen LogP) is 3.88. The van der Waals surface area contributed by atoms with E-state index in [4.69, 9.17) is 17.3 Å². The van der Waals surface area contributed by atoms with Crippen molar-refractivity contribution in [3.05, 3.63) is 50.9 Å². The fourth-order valence-electron chi connectivity index (χ4n) is 2.91. The zero-order valence-corrected chi connectivity index (χ0v) is 14.3. The lowest BCUT2D eigenvalue weighted by Gasteiger charge is -2.18. The summed E-state index contributed by atoms with van der Waals surface area (Å²) in [6.45, 7) is 2.16. The van der Waals surface area contributed by atoms with Gasteiger partial charge in [0, 0.05) is 15.5 Å². The first-order chi connectivity index (χ1) is 11.0. The van der Waals surface area contributed by atoms with E-state index in [1.165, 1.54) is 11.3 Å². The molecule has 2 aromatic rings. The summed E-state index contributed by atoms with van der Waals surface area (Å²) in [5.74, 6) is -0.258. The average Bonchev–Trinajstić information content (AvgIpc) is 2.84. The first-order valence-corrected chi connectivity index (χ1v) is 8.66. The number of nitrogens with one attached hydrogen (secondary N) is 1. The van der Waals surface area contributed by atoms with E-state index in [1.807, 2.05) is 0 Å². The van der Waals surface area contributed by atoms with E-state index < -0.39 is 5.91 Å². The van der Waals surface area contributed by atoms with Gasteiger partial charge in [0.2, 0.25) is 0 Å². The lowest BCUT2D eigenvalue weighted by molar-refractivity contribution is 0.1000. The summed E-state index contributed by atoms with van der Waals surface area (Å²) in [6, 6.07) is 6.70. The molecule has 6 heteroatoms. The van der Waals surface area contributed by atoms with Gasteiger partial charge in [-0.05, 0) is 48.9 Å². The fraction of sp³-hybridized carbons (Fsp3) is 0.294. The van der Waals surface area contributed by atoms with Gasteiger partial charge < -0.3 is 11.1 Å². The van der Waals surface area contributed by atoms with E-state index in [-0.39, 0.29) is 5.91 Å². The maximum atomic E-state index is 12.4. The minimum absolute atomic E-state index is 0.290. The van der Waals surface area contributed by atoms with E-state index >= 15 is 0 Å². The Kier molecular flexibility index (Phi) is 4.41. The maximum absolute atomic E-state index is 12.4. The van der Waals surface area contributed by atoms with Crippen LogP contribution in [0.4, 0.5) is 5.00 Å². The highest BCUT2D eigenvalue weighted by Crippen LogP contribution is 2.39. The van der Waals surface area contributed by atoms with Gasteiger partial charge in [0.05, 0.1) is 5.56 Å². The normalized spacial score (nSPS) is 16.7. The van der Waals surface area contributed by atoms with Gasteiger partial charge in [-0.2, -0.15) is 0 Å². The molecule has 1 aromatic carbocycles. The number of amides is 2. The molecule has 1 aromatic heterocycles. The van der Waals surface area contributed by atoms with Gasteiger partial charge >= 0.3 is 0 Å². The number of fused-ring (bicyclic) bond motifs is 1. The number of aryl methyl sites for hydroxylation is 1. The third-order valence-electron chi connectivity index (χ3n) is 4.07. The summed E-state index contributed by atoms with van der Waals surface area (Å²) >= 11 is 7.37. The summed E-state index contributed by atoms with van der Waals surface area (Å²) in [4.78, 5) is 25.4. The van der Waals surface area contributed by atoms with Crippen LogP contribution in [0.3, 0.4) is 0 Å². The number of hydrogen-bond acceptors (Lipinski definition) is 3. The second-order valence-electron chi connectivity index (χ2n) is 5.88. The zero-order valence-electron chi connectivity index (χ0n) is 12.7. The average molecular weight is 349 g/mol. The molecule has 1 aliphatic rings. The van der Waals surface area contributed by atoms with Gasteiger partial charge in [0.1, 0.15) is 5.00 Å². The Balaban J connectivity index is 1.94. The SMILES string of the molecule is CC1CCc2sc(NC(=O)c3cccc(Cl)c3)c(C(N)=O)c2C1. The zero-order chi connectivity index (χ0) is 16.6. The number of carbonyl (C=O) groups is 2. The first kappa shape index (κ1) is 16.0. The van der Waals surface area contributed by atoms with Crippen molar-refractivity contribution in [1.82, 2.24) is 0 Å². The Morgan fingerprint density at radius 3 is 2.87 bits per heavy atom. The Morgan fingerprint density at radius 2 is 2.17 bits per heavy atom. The van der Waals surface area contributed by atoms with E-state index in [0.29, 0.717) is 27.1 Å². The molecule has 120 valence electrons. The van der Waals surface area contributed by atoms with Crippen LogP contribution < -0.4 is 11.1 Å². The summed E-state index contributed by atoms with van der Waals surface area (Å²) in [6.07, 6.45) is 2.85. The number of rotatable bonds is 3. The van der Waals surface area contributed by atoms with E-state index in [1.54, 1.807) is 24.3 Å². The van der Waals surface area contributed by atoms with E-state index in [2.05, 4.69) is 12.2 Å². The highest BCUT2D eigenvalue weighted by Gasteiger charge is 2.27. The Labute approximate surface area is 143 Å². The van der Waals surface area contributed by atoms with Crippen molar-refractivity contribution in [2.24, 2.45) is 11.7 Å². The van der Waals surface area contributed by atoms with E-state index in [0.717, 1.165) is 29.7 Å². The van der Waals surface area contributed by atoms with Crippen LogP contribution in [0.1, 0.15) is 44.5 Å². The predicted molar refractivity (Wildman–Crippen MR) is 93.4 cm³/mol. The lowest BCUT2D eigenvalue weighted by Crippen LogP contribution is -2.19. The third-order valence-corrected chi connectivity index (χ3v) is 5.51. The van der Waals surface area contributed by atoms with Crippen LogP contribution in [0, 0.1) is 5.92 Å². The number of nitrogens with two attached hydrogens (primary N) is 1. The van der Waals surface area contributed by atoms with Crippen molar-refractivity contribution in [1.29, 1.82) is 0 Å².